The predicted octanol–water partition coefficient (Wildman–Crippen LogP) is 4.12. The highest BCUT2D eigenvalue weighted by Gasteiger charge is 2.13. The number of carbonyl (C=O) groups is 1. The summed E-state index contributed by atoms with van der Waals surface area (Å²) in [6.45, 7) is 0.518. The molecule has 0 bridgehead atoms. The van der Waals surface area contributed by atoms with Gasteiger partial charge in [-0.3, -0.25) is 0 Å². The minimum atomic E-state index is -0.449. The third kappa shape index (κ3) is 4.06. The normalized spacial score (nSPS) is 10.0. The largest absolute Gasteiger partial charge is 0.467 e. The molecule has 5 heteroatoms. The summed E-state index contributed by atoms with van der Waals surface area (Å²) in [7, 11) is 0. The number of furan rings is 1. The number of hydrogen-bond donors (Lipinski definition) is 1. The number of carbonyl (C=O) groups excluding carboxylic acids is 1. The highest BCUT2D eigenvalue weighted by molar-refractivity contribution is 5.95. The summed E-state index contributed by atoms with van der Waals surface area (Å²) in [5, 5.41) is 12.3. The molecule has 2 aromatic carbocycles. The van der Waals surface area contributed by atoms with Gasteiger partial charge in [-0.2, -0.15) is 5.26 Å². The molecule has 1 aromatic heterocycles. The Balaban J connectivity index is 1.68. The SMILES string of the molecule is N#Cc1ccccc1COC(=O)c1ccccc1NCc1ccco1. The van der Waals surface area contributed by atoms with E-state index < -0.39 is 5.97 Å². The van der Waals surface area contributed by atoms with Gasteiger partial charge < -0.3 is 14.5 Å². The van der Waals surface area contributed by atoms with E-state index in [-0.39, 0.29) is 6.61 Å². The Morgan fingerprint density at radius 1 is 1.08 bits per heavy atom. The average Bonchev–Trinajstić information content (AvgIpc) is 3.18. The van der Waals surface area contributed by atoms with Gasteiger partial charge in [0, 0.05) is 11.3 Å². The third-order valence-corrected chi connectivity index (χ3v) is 3.68. The Kier molecular flexibility index (Phi) is 5.13. The third-order valence-electron chi connectivity index (χ3n) is 3.68. The Morgan fingerprint density at radius 2 is 1.88 bits per heavy atom. The summed E-state index contributed by atoms with van der Waals surface area (Å²) in [5.41, 5.74) is 2.28. The summed E-state index contributed by atoms with van der Waals surface area (Å²) in [4.78, 5) is 12.4. The number of nitriles is 1. The van der Waals surface area contributed by atoms with E-state index in [1.165, 1.54) is 0 Å². The molecule has 3 rings (SSSR count). The van der Waals surface area contributed by atoms with Crippen molar-refractivity contribution in [2.45, 2.75) is 13.2 Å². The quantitative estimate of drug-likeness (QED) is 0.687. The van der Waals surface area contributed by atoms with Crippen LogP contribution in [0.1, 0.15) is 27.2 Å². The molecule has 0 aliphatic carbocycles. The highest BCUT2D eigenvalue weighted by atomic mass is 16.5. The van der Waals surface area contributed by atoms with Crippen molar-refractivity contribution in [1.82, 2.24) is 0 Å². The van der Waals surface area contributed by atoms with Gasteiger partial charge in [0.15, 0.2) is 0 Å². The number of rotatable bonds is 6. The van der Waals surface area contributed by atoms with Crippen molar-refractivity contribution >= 4 is 11.7 Å². The van der Waals surface area contributed by atoms with Gasteiger partial charge in [0.05, 0.1) is 30.0 Å². The van der Waals surface area contributed by atoms with E-state index in [1.807, 2.05) is 30.3 Å². The Hall–Kier alpha value is -3.52. The molecule has 0 unspecified atom stereocenters. The van der Waals surface area contributed by atoms with Crippen molar-refractivity contribution in [1.29, 1.82) is 5.26 Å². The van der Waals surface area contributed by atoms with Crippen molar-refractivity contribution in [2.24, 2.45) is 0 Å². The first-order valence-corrected chi connectivity index (χ1v) is 7.78. The van der Waals surface area contributed by atoms with Crippen LogP contribution < -0.4 is 5.32 Å². The first kappa shape index (κ1) is 16.3. The van der Waals surface area contributed by atoms with Crippen LogP contribution in [0.5, 0.6) is 0 Å². The number of nitrogens with zero attached hydrogens (tertiary/aromatic N) is 1. The number of nitrogens with one attached hydrogen (secondary N) is 1. The maximum Gasteiger partial charge on any atom is 0.340 e. The van der Waals surface area contributed by atoms with Gasteiger partial charge in [0.2, 0.25) is 0 Å². The molecule has 0 spiro atoms. The van der Waals surface area contributed by atoms with Crippen LogP contribution in [0.25, 0.3) is 0 Å². The molecule has 0 aliphatic rings. The van der Waals surface area contributed by atoms with Gasteiger partial charge in [0.25, 0.3) is 0 Å². The van der Waals surface area contributed by atoms with Crippen LogP contribution in [-0.2, 0) is 17.9 Å². The lowest BCUT2D eigenvalue weighted by Gasteiger charge is -2.11. The number of benzene rings is 2. The van der Waals surface area contributed by atoms with Crippen LogP contribution >= 0.6 is 0 Å². The molecule has 0 aliphatic heterocycles. The summed E-state index contributed by atoms with van der Waals surface area (Å²) < 4.78 is 10.7. The molecule has 0 saturated heterocycles. The van der Waals surface area contributed by atoms with Crippen LogP contribution in [0.15, 0.2) is 71.3 Å². The lowest BCUT2D eigenvalue weighted by atomic mass is 10.1. The smallest absolute Gasteiger partial charge is 0.340 e. The Bertz CT molecular complexity index is 895. The van der Waals surface area contributed by atoms with E-state index in [0.29, 0.717) is 28.9 Å². The molecule has 5 nitrogen and oxygen atoms in total. The summed E-state index contributed by atoms with van der Waals surface area (Å²) in [5.74, 6) is 0.321. The molecular formula is C20H16N2O3. The number of hydrogen-bond acceptors (Lipinski definition) is 5. The standard InChI is InChI=1S/C20H16N2O3/c21-12-15-6-1-2-7-16(15)14-25-20(23)18-9-3-4-10-19(18)22-13-17-8-5-11-24-17/h1-11,22H,13-14H2. The molecule has 0 atom stereocenters. The van der Waals surface area contributed by atoms with E-state index >= 15 is 0 Å². The zero-order valence-electron chi connectivity index (χ0n) is 13.4. The topological polar surface area (TPSA) is 75.3 Å². The first-order chi connectivity index (χ1) is 12.3. The Labute approximate surface area is 145 Å². The van der Waals surface area contributed by atoms with E-state index in [1.54, 1.807) is 36.6 Å². The van der Waals surface area contributed by atoms with E-state index in [0.717, 1.165) is 5.76 Å². The highest BCUT2D eigenvalue weighted by Crippen LogP contribution is 2.19. The van der Waals surface area contributed by atoms with Crippen molar-refractivity contribution in [3.8, 4) is 6.07 Å². The van der Waals surface area contributed by atoms with Crippen LogP contribution in [0.4, 0.5) is 5.69 Å². The second-order valence-electron chi connectivity index (χ2n) is 5.32. The lowest BCUT2D eigenvalue weighted by Crippen LogP contribution is -2.10. The zero-order chi connectivity index (χ0) is 17.5. The fraction of sp³-hybridized carbons (Fsp3) is 0.100. The maximum absolute atomic E-state index is 12.4. The molecule has 1 N–H and O–H groups in total. The van der Waals surface area contributed by atoms with Gasteiger partial charge in [-0.1, -0.05) is 30.3 Å². The van der Waals surface area contributed by atoms with Gasteiger partial charge in [-0.15, -0.1) is 0 Å². The fourth-order valence-electron chi connectivity index (χ4n) is 2.39. The van der Waals surface area contributed by atoms with E-state index in [4.69, 9.17) is 14.4 Å². The van der Waals surface area contributed by atoms with E-state index in [2.05, 4.69) is 11.4 Å². The van der Waals surface area contributed by atoms with Crippen LogP contribution in [0.3, 0.4) is 0 Å². The summed E-state index contributed by atoms with van der Waals surface area (Å²) >= 11 is 0. The molecule has 0 radical (unpaired) electrons. The second kappa shape index (κ2) is 7.84. The van der Waals surface area contributed by atoms with Gasteiger partial charge in [-0.05, 0) is 30.3 Å². The number of anilines is 1. The molecule has 0 fully saturated rings. The van der Waals surface area contributed by atoms with Crippen LogP contribution in [-0.4, -0.2) is 5.97 Å². The summed E-state index contributed by atoms with van der Waals surface area (Å²) in [6.07, 6.45) is 1.60. The number of esters is 1. The summed E-state index contributed by atoms with van der Waals surface area (Å²) in [6, 6.07) is 19.9. The lowest BCUT2D eigenvalue weighted by molar-refractivity contribution is 0.0473. The van der Waals surface area contributed by atoms with Crippen LogP contribution in [0, 0.1) is 11.3 Å². The maximum atomic E-state index is 12.4. The predicted molar refractivity (Wildman–Crippen MR) is 92.8 cm³/mol. The average molecular weight is 332 g/mol. The minimum absolute atomic E-state index is 0.0507. The molecule has 124 valence electrons. The molecule has 25 heavy (non-hydrogen) atoms. The van der Waals surface area contributed by atoms with Crippen molar-refractivity contribution in [3.63, 3.8) is 0 Å². The Morgan fingerprint density at radius 3 is 2.68 bits per heavy atom. The molecule has 3 aromatic rings. The minimum Gasteiger partial charge on any atom is -0.467 e. The second-order valence-corrected chi connectivity index (χ2v) is 5.32. The molecule has 1 heterocycles. The van der Waals surface area contributed by atoms with Crippen molar-refractivity contribution in [3.05, 3.63) is 89.4 Å². The number of ether oxygens (including phenoxy) is 1. The monoisotopic (exact) mass is 332 g/mol. The zero-order valence-corrected chi connectivity index (χ0v) is 13.4. The van der Waals surface area contributed by atoms with E-state index in [9.17, 15) is 4.79 Å². The molecule has 0 amide bonds. The van der Waals surface area contributed by atoms with Crippen LogP contribution in [0.2, 0.25) is 0 Å². The van der Waals surface area contributed by atoms with Gasteiger partial charge >= 0.3 is 5.97 Å². The fourth-order valence-corrected chi connectivity index (χ4v) is 2.39. The first-order valence-electron chi connectivity index (χ1n) is 7.78. The van der Waals surface area contributed by atoms with Crippen molar-refractivity contribution in [2.75, 3.05) is 5.32 Å². The molecular weight excluding hydrogens is 316 g/mol. The number of para-hydroxylation sites is 1. The van der Waals surface area contributed by atoms with Crippen molar-refractivity contribution < 1.29 is 13.9 Å². The van der Waals surface area contributed by atoms with Gasteiger partial charge in [0.1, 0.15) is 12.4 Å². The van der Waals surface area contributed by atoms with Gasteiger partial charge in [-0.25, -0.2) is 4.79 Å². The molecule has 0 saturated carbocycles.